The van der Waals surface area contributed by atoms with Crippen molar-refractivity contribution in [1.82, 2.24) is 15.1 Å². The number of likely N-dealkylation sites (N-methyl/N-ethyl adjacent to an activating group) is 1. The van der Waals surface area contributed by atoms with Gasteiger partial charge in [0, 0.05) is 24.6 Å². The number of halogens is 1. The molecule has 2 fully saturated rings. The largest absolute Gasteiger partial charge is 0.486 e. The number of carbonyl (C=O) groups is 3. The normalized spacial score (nSPS) is 26.3. The summed E-state index contributed by atoms with van der Waals surface area (Å²) in [4.78, 5) is 40.1. The second-order valence-electron chi connectivity index (χ2n) is 8.22. The van der Waals surface area contributed by atoms with Gasteiger partial charge in [-0.2, -0.15) is 0 Å². The fourth-order valence-electron chi connectivity index (χ4n) is 4.97. The SMILES string of the molecule is CCN(CC)[C@@H]1CCC[C@H]1Oc1cc2c(cc1F)C(=O)N(C1CCC(=O)NC1=O)C2. The minimum absolute atomic E-state index is 0.0826. The van der Waals surface area contributed by atoms with Crippen LogP contribution in [0.1, 0.15) is 61.9 Å². The molecule has 0 spiro atoms. The molecule has 0 aromatic heterocycles. The zero-order valence-electron chi connectivity index (χ0n) is 17.4. The van der Waals surface area contributed by atoms with E-state index in [1.807, 2.05) is 0 Å². The first-order valence-corrected chi connectivity index (χ1v) is 10.8. The van der Waals surface area contributed by atoms with Gasteiger partial charge in [0.05, 0.1) is 0 Å². The molecule has 162 valence electrons. The molecule has 1 aromatic rings. The highest BCUT2D eigenvalue weighted by atomic mass is 19.1. The van der Waals surface area contributed by atoms with Crippen LogP contribution in [0.2, 0.25) is 0 Å². The lowest BCUT2D eigenvalue weighted by Gasteiger charge is -2.31. The third-order valence-corrected chi connectivity index (χ3v) is 6.55. The Balaban J connectivity index is 1.53. The molecule has 1 N–H and O–H groups in total. The van der Waals surface area contributed by atoms with Crippen molar-refractivity contribution in [2.45, 2.75) is 70.7 Å². The Morgan fingerprint density at radius 2 is 1.93 bits per heavy atom. The van der Waals surface area contributed by atoms with Crippen molar-refractivity contribution in [1.29, 1.82) is 0 Å². The first-order chi connectivity index (χ1) is 14.4. The number of hydrogen-bond acceptors (Lipinski definition) is 5. The van der Waals surface area contributed by atoms with E-state index in [9.17, 15) is 18.8 Å². The summed E-state index contributed by atoms with van der Waals surface area (Å²) in [5.41, 5.74) is 0.912. The van der Waals surface area contributed by atoms with Gasteiger partial charge in [0.25, 0.3) is 5.91 Å². The second kappa shape index (κ2) is 8.34. The molecule has 1 aliphatic carbocycles. The van der Waals surface area contributed by atoms with Gasteiger partial charge in [-0.1, -0.05) is 13.8 Å². The summed E-state index contributed by atoms with van der Waals surface area (Å²) in [5.74, 6) is -1.58. The van der Waals surface area contributed by atoms with Gasteiger partial charge in [0.15, 0.2) is 11.6 Å². The molecule has 2 heterocycles. The van der Waals surface area contributed by atoms with Crippen molar-refractivity contribution < 1.29 is 23.5 Å². The molecule has 7 nitrogen and oxygen atoms in total. The number of imide groups is 1. The highest BCUT2D eigenvalue weighted by molar-refractivity contribution is 6.05. The molecule has 1 aromatic carbocycles. The van der Waals surface area contributed by atoms with Gasteiger partial charge in [0.1, 0.15) is 12.1 Å². The maximum atomic E-state index is 14.8. The zero-order chi connectivity index (χ0) is 21.4. The highest BCUT2D eigenvalue weighted by Crippen LogP contribution is 2.35. The van der Waals surface area contributed by atoms with Crippen LogP contribution < -0.4 is 10.1 Å². The molecule has 2 aliphatic heterocycles. The van der Waals surface area contributed by atoms with Crippen molar-refractivity contribution in [2.24, 2.45) is 0 Å². The summed E-state index contributed by atoms with van der Waals surface area (Å²) in [6, 6.07) is 2.37. The first-order valence-electron chi connectivity index (χ1n) is 10.8. The van der Waals surface area contributed by atoms with E-state index < -0.39 is 17.8 Å². The van der Waals surface area contributed by atoms with E-state index in [0.717, 1.165) is 32.4 Å². The van der Waals surface area contributed by atoms with Gasteiger partial charge in [-0.25, -0.2) is 4.39 Å². The Morgan fingerprint density at radius 3 is 2.63 bits per heavy atom. The number of hydrogen-bond donors (Lipinski definition) is 1. The number of amides is 3. The predicted octanol–water partition coefficient (Wildman–Crippen LogP) is 2.23. The number of rotatable bonds is 6. The van der Waals surface area contributed by atoms with Gasteiger partial charge >= 0.3 is 0 Å². The van der Waals surface area contributed by atoms with Crippen LogP contribution in [-0.4, -0.2) is 58.8 Å². The highest BCUT2D eigenvalue weighted by Gasteiger charge is 2.40. The standard InChI is InChI=1S/C22H28FN3O4/c1-3-25(4-2)16-6-5-7-18(16)30-19-10-13-12-26(22(29)14(13)11-15(19)23)17-8-9-20(27)24-21(17)28/h10-11,16-18H,3-9,12H2,1-2H3,(H,24,27,28)/t16-,17?,18-/m1/s1. The molecular weight excluding hydrogens is 389 g/mol. The average molecular weight is 417 g/mol. The van der Waals surface area contributed by atoms with Crippen LogP contribution in [0, 0.1) is 5.82 Å². The molecular formula is C22H28FN3O4. The van der Waals surface area contributed by atoms with E-state index in [1.54, 1.807) is 6.07 Å². The number of benzene rings is 1. The molecule has 4 rings (SSSR count). The average Bonchev–Trinajstić information content (AvgIpc) is 3.29. The minimum atomic E-state index is -0.711. The summed E-state index contributed by atoms with van der Waals surface area (Å²) in [6.07, 6.45) is 3.33. The molecule has 3 atom stereocenters. The van der Waals surface area contributed by atoms with Crippen LogP contribution in [0.5, 0.6) is 5.75 Å². The lowest BCUT2D eigenvalue weighted by atomic mass is 10.0. The van der Waals surface area contributed by atoms with E-state index in [1.165, 1.54) is 11.0 Å². The summed E-state index contributed by atoms with van der Waals surface area (Å²) >= 11 is 0. The summed E-state index contributed by atoms with van der Waals surface area (Å²) in [7, 11) is 0. The van der Waals surface area contributed by atoms with Gasteiger partial charge in [0.2, 0.25) is 11.8 Å². The van der Waals surface area contributed by atoms with Gasteiger partial charge in [-0.3, -0.25) is 24.6 Å². The van der Waals surface area contributed by atoms with Crippen LogP contribution in [0.3, 0.4) is 0 Å². The quantitative estimate of drug-likeness (QED) is 0.718. The number of nitrogens with one attached hydrogen (secondary N) is 1. The topological polar surface area (TPSA) is 79.0 Å². The van der Waals surface area contributed by atoms with E-state index >= 15 is 0 Å². The van der Waals surface area contributed by atoms with Crippen molar-refractivity contribution >= 4 is 17.7 Å². The van der Waals surface area contributed by atoms with Crippen LogP contribution >= 0.6 is 0 Å². The Labute approximate surface area is 175 Å². The Bertz CT molecular complexity index is 870. The van der Waals surface area contributed by atoms with E-state index in [-0.39, 0.29) is 54.7 Å². The second-order valence-corrected chi connectivity index (χ2v) is 8.22. The third-order valence-electron chi connectivity index (χ3n) is 6.55. The van der Waals surface area contributed by atoms with Crippen molar-refractivity contribution in [3.63, 3.8) is 0 Å². The molecule has 0 bridgehead atoms. The lowest BCUT2D eigenvalue weighted by molar-refractivity contribution is -0.136. The lowest BCUT2D eigenvalue weighted by Crippen LogP contribution is -2.52. The molecule has 1 saturated carbocycles. The fraction of sp³-hybridized carbons (Fsp3) is 0.591. The molecule has 30 heavy (non-hydrogen) atoms. The maximum absolute atomic E-state index is 14.8. The third kappa shape index (κ3) is 3.69. The van der Waals surface area contributed by atoms with Gasteiger partial charge in [-0.05, 0) is 56.5 Å². The zero-order valence-corrected chi connectivity index (χ0v) is 17.4. The number of ether oxygens (including phenoxy) is 1. The number of piperidine rings is 1. The molecule has 1 saturated heterocycles. The van der Waals surface area contributed by atoms with E-state index in [0.29, 0.717) is 5.56 Å². The minimum Gasteiger partial charge on any atom is -0.486 e. The van der Waals surface area contributed by atoms with Crippen LogP contribution in [0.25, 0.3) is 0 Å². The molecule has 8 heteroatoms. The first kappa shape index (κ1) is 20.8. The van der Waals surface area contributed by atoms with E-state index in [4.69, 9.17) is 4.74 Å². The predicted molar refractivity (Wildman–Crippen MR) is 107 cm³/mol. The summed E-state index contributed by atoms with van der Waals surface area (Å²) in [6.45, 7) is 6.28. The van der Waals surface area contributed by atoms with Crippen molar-refractivity contribution in [3.05, 3.63) is 29.1 Å². The van der Waals surface area contributed by atoms with Gasteiger partial charge < -0.3 is 9.64 Å². The smallest absolute Gasteiger partial charge is 0.255 e. The van der Waals surface area contributed by atoms with Gasteiger partial charge in [-0.15, -0.1) is 0 Å². The number of carbonyl (C=O) groups excluding carboxylic acids is 3. The molecule has 3 amide bonds. The van der Waals surface area contributed by atoms with Crippen LogP contribution in [0.15, 0.2) is 12.1 Å². The van der Waals surface area contributed by atoms with Crippen molar-refractivity contribution in [3.8, 4) is 5.75 Å². The monoisotopic (exact) mass is 417 g/mol. The Kier molecular flexibility index (Phi) is 5.77. The Hall–Kier alpha value is -2.48. The summed E-state index contributed by atoms with van der Waals surface area (Å²) in [5, 5.41) is 2.28. The number of fused-ring (bicyclic) bond motifs is 1. The molecule has 3 aliphatic rings. The molecule has 1 unspecified atom stereocenters. The summed E-state index contributed by atoms with van der Waals surface area (Å²) < 4.78 is 20.9. The van der Waals surface area contributed by atoms with Crippen molar-refractivity contribution in [2.75, 3.05) is 13.1 Å². The number of nitrogens with zero attached hydrogens (tertiary/aromatic N) is 2. The van der Waals surface area contributed by atoms with Crippen LogP contribution in [-0.2, 0) is 16.1 Å². The van der Waals surface area contributed by atoms with Crippen LogP contribution in [0.4, 0.5) is 4.39 Å². The maximum Gasteiger partial charge on any atom is 0.255 e. The van der Waals surface area contributed by atoms with E-state index in [2.05, 4.69) is 24.1 Å². The fourth-order valence-corrected chi connectivity index (χ4v) is 4.97. The molecule has 0 radical (unpaired) electrons. The Morgan fingerprint density at radius 1 is 1.17 bits per heavy atom.